The highest BCUT2D eigenvalue weighted by atomic mass is 19.4. The molecule has 1 aromatic heterocycles. The summed E-state index contributed by atoms with van der Waals surface area (Å²) in [6.07, 6.45) is -3.08. The van der Waals surface area contributed by atoms with Gasteiger partial charge in [0.2, 0.25) is 11.8 Å². The Balaban J connectivity index is 1.53. The van der Waals surface area contributed by atoms with E-state index in [0.717, 1.165) is 28.8 Å². The van der Waals surface area contributed by atoms with Gasteiger partial charge < -0.3 is 20.1 Å². The third kappa shape index (κ3) is 5.11. The number of hydrogen-bond donors (Lipinski definition) is 2. The van der Waals surface area contributed by atoms with Crippen LogP contribution in [0, 0.1) is 0 Å². The van der Waals surface area contributed by atoms with E-state index in [1.165, 1.54) is 19.1 Å². The molecule has 4 rings (SSSR count). The van der Waals surface area contributed by atoms with Crippen LogP contribution in [-0.2, 0) is 16.0 Å². The lowest BCUT2D eigenvalue weighted by atomic mass is 9.93. The number of hydrogen-bond acceptors (Lipinski definition) is 5. The van der Waals surface area contributed by atoms with Gasteiger partial charge in [0.05, 0.1) is 0 Å². The Labute approximate surface area is 192 Å². The monoisotopic (exact) mass is 471 g/mol. The zero-order valence-electron chi connectivity index (χ0n) is 18.2. The first-order valence-corrected chi connectivity index (χ1v) is 10.2. The molecule has 34 heavy (non-hydrogen) atoms. The van der Waals surface area contributed by atoms with Crippen LogP contribution in [0.2, 0.25) is 0 Å². The number of nitrogens with one attached hydrogen (secondary N) is 2. The van der Waals surface area contributed by atoms with Gasteiger partial charge in [-0.05, 0) is 48.4 Å². The normalized spacial score (nSPS) is 16.9. The van der Waals surface area contributed by atoms with Crippen molar-refractivity contribution >= 4 is 23.2 Å². The van der Waals surface area contributed by atoms with Gasteiger partial charge in [-0.1, -0.05) is 18.2 Å². The maximum absolute atomic E-state index is 13.0. The van der Waals surface area contributed by atoms with Gasteiger partial charge in [-0.2, -0.15) is 0 Å². The molecule has 0 fully saturated rings. The number of anilines is 2. The van der Waals surface area contributed by atoms with Crippen LogP contribution in [0.3, 0.4) is 0 Å². The van der Waals surface area contributed by atoms with E-state index in [0.29, 0.717) is 11.6 Å². The summed E-state index contributed by atoms with van der Waals surface area (Å²) < 4.78 is 47.3. The van der Waals surface area contributed by atoms with E-state index in [4.69, 9.17) is 4.74 Å². The maximum atomic E-state index is 13.0. The number of pyridine rings is 1. The lowest BCUT2D eigenvalue weighted by molar-refractivity contribution is -0.274. The summed E-state index contributed by atoms with van der Waals surface area (Å²) >= 11 is 0. The Morgan fingerprint density at radius 1 is 1.06 bits per heavy atom. The molecular formula is C24H20F3N3O4. The number of alkyl halides is 3. The number of benzene rings is 2. The number of aromatic nitrogens is 1. The predicted molar refractivity (Wildman–Crippen MR) is 118 cm³/mol. The summed E-state index contributed by atoms with van der Waals surface area (Å²) in [7, 11) is 0. The van der Waals surface area contributed by atoms with E-state index in [-0.39, 0.29) is 18.0 Å². The molecule has 3 aromatic rings. The molecular weight excluding hydrogens is 451 g/mol. The number of amides is 2. The SMILES string of the molecule is CC(=O)Nc1ccc(-c2ccnc3c2CC(C)(C(=O)Nc2cccc(OC(F)(F)F)c2)O3)cc1. The molecule has 2 N–H and O–H groups in total. The zero-order chi connectivity index (χ0) is 24.5. The Bertz CT molecular complexity index is 1240. The lowest BCUT2D eigenvalue weighted by Gasteiger charge is -2.22. The second-order valence-electron chi connectivity index (χ2n) is 7.94. The predicted octanol–water partition coefficient (Wildman–Crippen LogP) is 4.94. The van der Waals surface area contributed by atoms with Crippen LogP contribution < -0.4 is 20.1 Å². The van der Waals surface area contributed by atoms with Gasteiger partial charge in [-0.25, -0.2) is 4.98 Å². The minimum atomic E-state index is -4.84. The minimum Gasteiger partial charge on any atom is -0.461 e. The van der Waals surface area contributed by atoms with Crippen LogP contribution >= 0.6 is 0 Å². The highest BCUT2D eigenvalue weighted by Gasteiger charge is 2.44. The third-order valence-corrected chi connectivity index (χ3v) is 5.17. The number of fused-ring (bicyclic) bond motifs is 1. The highest BCUT2D eigenvalue weighted by molar-refractivity contribution is 5.98. The number of rotatable bonds is 5. The molecule has 1 aliphatic heterocycles. The molecule has 1 aliphatic rings. The van der Waals surface area contributed by atoms with Crippen molar-refractivity contribution in [2.75, 3.05) is 10.6 Å². The summed E-state index contributed by atoms with van der Waals surface area (Å²) in [5, 5.41) is 5.29. The molecule has 0 spiro atoms. The summed E-state index contributed by atoms with van der Waals surface area (Å²) in [6, 6.07) is 14.0. The fourth-order valence-corrected chi connectivity index (χ4v) is 3.69. The number of nitrogens with zero attached hydrogens (tertiary/aromatic N) is 1. The Hall–Kier alpha value is -4.08. The van der Waals surface area contributed by atoms with Crippen LogP contribution in [0.15, 0.2) is 60.8 Å². The van der Waals surface area contributed by atoms with Gasteiger partial charge in [0, 0.05) is 42.5 Å². The van der Waals surface area contributed by atoms with Crippen molar-refractivity contribution in [1.29, 1.82) is 0 Å². The molecule has 2 aromatic carbocycles. The Morgan fingerprint density at radius 3 is 2.47 bits per heavy atom. The molecule has 10 heteroatoms. The summed E-state index contributed by atoms with van der Waals surface area (Å²) in [5.74, 6) is -0.863. The quantitative estimate of drug-likeness (QED) is 0.550. The minimum absolute atomic E-state index is 0.134. The largest absolute Gasteiger partial charge is 0.573 e. The fraction of sp³-hybridized carbons (Fsp3) is 0.208. The molecule has 0 saturated carbocycles. The first-order chi connectivity index (χ1) is 16.0. The van der Waals surface area contributed by atoms with Crippen molar-refractivity contribution < 1.29 is 32.2 Å². The molecule has 176 valence electrons. The van der Waals surface area contributed by atoms with Crippen molar-refractivity contribution in [3.05, 3.63) is 66.4 Å². The number of halogens is 3. The topological polar surface area (TPSA) is 89.6 Å². The second kappa shape index (κ2) is 8.69. The van der Waals surface area contributed by atoms with Crippen LogP contribution in [0.4, 0.5) is 24.5 Å². The average Bonchev–Trinajstić information content (AvgIpc) is 3.11. The first-order valence-electron chi connectivity index (χ1n) is 10.2. The van der Waals surface area contributed by atoms with Gasteiger partial charge in [-0.15, -0.1) is 13.2 Å². The van der Waals surface area contributed by atoms with E-state index in [9.17, 15) is 22.8 Å². The first kappa shape index (κ1) is 23.1. The highest BCUT2D eigenvalue weighted by Crippen LogP contribution is 2.40. The number of carbonyl (C=O) groups is 2. The smallest absolute Gasteiger partial charge is 0.461 e. The van der Waals surface area contributed by atoms with E-state index in [1.807, 2.05) is 12.1 Å². The van der Waals surface area contributed by atoms with Crippen molar-refractivity contribution in [1.82, 2.24) is 4.98 Å². The molecule has 0 saturated heterocycles. The van der Waals surface area contributed by atoms with Crippen LogP contribution in [0.5, 0.6) is 11.6 Å². The van der Waals surface area contributed by atoms with E-state index < -0.39 is 23.6 Å². The maximum Gasteiger partial charge on any atom is 0.573 e. The van der Waals surface area contributed by atoms with E-state index in [2.05, 4.69) is 20.4 Å². The molecule has 0 bridgehead atoms. The van der Waals surface area contributed by atoms with Crippen LogP contribution in [0.25, 0.3) is 11.1 Å². The van der Waals surface area contributed by atoms with E-state index >= 15 is 0 Å². The van der Waals surface area contributed by atoms with Gasteiger partial charge in [0.25, 0.3) is 5.91 Å². The summed E-state index contributed by atoms with van der Waals surface area (Å²) in [5.41, 5.74) is 1.84. The molecule has 2 heterocycles. The lowest BCUT2D eigenvalue weighted by Crippen LogP contribution is -2.44. The average molecular weight is 471 g/mol. The molecule has 7 nitrogen and oxygen atoms in total. The fourth-order valence-electron chi connectivity index (χ4n) is 3.69. The molecule has 1 atom stereocenters. The Kier molecular flexibility index (Phi) is 5.90. The zero-order valence-corrected chi connectivity index (χ0v) is 18.2. The van der Waals surface area contributed by atoms with Crippen LogP contribution in [0.1, 0.15) is 19.4 Å². The molecule has 0 radical (unpaired) electrons. The molecule has 1 unspecified atom stereocenters. The Morgan fingerprint density at radius 2 is 1.79 bits per heavy atom. The summed E-state index contributed by atoms with van der Waals surface area (Å²) in [6.45, 7) is 3.01. The molecule has 0 aliphatic carbocycles. The van der Waals surface area contributed by atoms with Crippen molar-refractivity contribution in [3.8, 4) is 22.8 Å². The molecule has 2 amide bonds. The van der Waals surface area contributed by atoms with Crippen molar-refractivity contribution in [2.45, 2.75) is 32.2 Å². The second-order valence-corrected chi connectivity index (χ2v) is 7.94. The number of ether oxygens (including phenoxy) is 2. The van der Waals surface area contributed by atoms with Gasteiger partial charge in [0.1, 0.15) is 5.75 Å². The van der Waals surface area contributed by atoms with Gasteiger partial charge in [0.15, 0.2) is 5.60 Å². The summed E-state index contributed by atoms with van der Waals surface area (Å²) in [4.78, 5) is 28.5. The third-order valence-electron chi connectivity index (χ3n) is 5.17. The number of carbonyl (C=O) groups excluding carboxylic acids is 2. The van der Waals surface area contributed by atoms with E-state index in [1.54, 1.807) is 31.3 Å². The standard InChI is InChI=1S/C24H20F3N3O4/c1-14(31)29-16-8-6-15(7-9-16)19-10-11-28-21-20(19)13-23(2,34-21)22(32)30-17-4-3-5-18(12-17)33-24(25,26)27/h3-12H,13H2,1-2H3,(H,29,31)(H,30,32). The van der Waals surface area contributed by atoms with Crippen molar-refractivity contribution in [3.63, 3.8) is 0 Å². The van der Waals surface area contributed by atoms with Gasteiger partial charge >= 0.3 is 6.36 Å². The van der Waals surface area contributed by atoms with Gasteiger partial charge in [-0.3, -0.25) is 9.59 Å². The van der Waals surface area contributed by atoms with Crippen molar-refractivity contribution in [2.24, 2.45) is 0 Å². The van der Waals surface area contributed by atoms with Crippen LogP contribution in [-0.4, -0.2) is 28.8 Å².